The molecule has 15 heavy (non-hydrogen) atoms. The fourth-order valence-corrected chi connectivity index (χ4v) is 2.03. The van der Waals surface area contributed by atoms with Crippen LogP contribution in [0.1, 0.15) is 19.3 Å². The first kappa shape index (κ1) is 10.5. The van der Waals surface area contributed by atoms with E-state index in [0.717, 1.165) is 18.9 Å². The Balaban J connectivity index is 1.85. The molecule has 1 fully saturated rings. The van der Waals surface area contributed by atoms with Crippen LogP contribution in [0.2, 0.25) is 0 Å². The molecule has 5 nitrogen and oxygen atoms in total. The summed E-state index contributed by atoms with van der Waals surface area (Å²) in [6.07, 6.45) is 5.49. The molecule has 0 aliphatic heterocycles. The lowest BCUT2D eigenvalue weighted by atomic mass is 10.3. The van der Waals surface area contributed by atoms with Gasteiger partial charge in [-0.3, -0.25) is 4.79 Å². The molecule has 1 heterocycles. The minimum absolute atomic E-state index is 0.0438. The lowest BCUT2D eigenvalue weighted by Gasteiger charge is -2.03. The quantitative estimate of drug-likeness (QED) is 0.741. The average Bonchev–Trinajstić information content (AvgIpc) is 2.92. The number of aromatic nitrogens is 3. The Morgan fingerprint density at radius 1 is 1.67 bits per heavy atom. The highest BCUT2D eigenvalue weighted by Crippen LogP contribution is 2.33. The van der Waals surface area contributed by atoms with E-state index in [-0.39, 0.29) is 5.75 Å². The predicted octanol–water partition coefficient (Wildman–Crippen LogP) is 1.25. The van der Waals surface area contributed by atoms with Gasteiger partial charge in [0.15, 0.2) is 5.16 Å². The molecule has 6 heteroatoms. The van der Waals surface area contributed by atoms with E-state index in [1.165, 1.54) is 24.6 Å². The lowest BCUT2D eigenvalue weighted by molar-refractivity contribution is -0.133. The van der Waals surface area contributed by atoms with Gasteiger partial charge >= 0.3 is 5.97 Å². The number of rotatable bonds is 6. The Bertz CT molecular complexity index is 349. The number of thioether (sulfide) groups is 1. The molecule has 0 aromatic carbocycles. The Morgan fingerprint density at radius 2 is 2.47 bits per heavy atom. The van der Waals surface area contributed by atoms with Crippen molar-refractivity contribution in [3.63, 3.8) is 0 Å². The molecule has 1 N–H and O–H groups in total. The number of hydrogen-bond donors (Lipinski definition) is 1. The van der Waals surface area contributed by atoms with E-state index in [2.05, 4.69) is 10.2 Å². The van der Waals surface area contributed by atoms with Crippen molar-refractivity contribution in [3.8, 4) is 0 Å². The molecule has 0 atom stereocenters. The first-order valence-corrected chi connectivity index (χ1v) is 5.96. The van der Waals surface area contributed by atoms with Gasteiger partial charge in [0.1, 0.15) is 6.33 Å². The number of nitrogens with zero attached hydrogens (tertiary/aromatic N) is 3. The van der Waals surface area contributed by atoms with Gasteiger partial charge in [0, 0.05) is 6.54 Å². The largest absolute Gasteiger partial charge is 0.481 e. The molecule has 1 aromatic rings. The minimum Gasteiger partial charge on any atom is -0.481 e. The summed E-state index contributed by atoms with van der Waals surface area (Å²) in [5, 5.41) is 17.0. The molecule has 0 radical (unpaired) electrons. The highest BCUT2D eigenvalue weighted by atomic mass is 32.2. The SMILES string of the molecule is O=C(O)CSc1nncn1CCC1CC1. The van der Waals surface area contributed by atoms with Crippen molar-refractivity contribution >= 4 is 17.7 Å². The van der Waals surface area contributed by atoms with Crippen molar-refractivity contribution in [1.29, 1.82) is 0 Å². The van der Waals surface area contributed by atoms with Crippen LogP contribution < -0.4 is 0 Å². The summed E-state index contributed by atoms with van der Waals surface area (Å²) < 4.78 is 1.94. The van der Waals surface area contributed by atoms with E-state index in [0.29, 0.717) is 5.16 Å². The van der Waals surface area contributed by atoms with Crippen LogP contribution in [0.25, 0.3) is 0 Å². The van der Waals surface area contributed by atoms with Gasteiger partial charge in [-0.2, -0.15) is 0 Å². The van der Waals surface area contributed by atoms with Crippen molar-refractivity contribution in [2.75, 3.05) is 5.75 Å². The van der Waals surface area contributed by atoms with Crippen molar-refractivity contribution < 1.29 is 9.90 Å². The van der Waals surface area contributed by atoms with Crippen LogP contribution >= 0.6 is 11.8 Å². The summed E-state index contributed by atoms with van der Waals surface area (Å²) in [6.45, 7) is 0.902. The molecule has 0 saturated heterocycles. The van der Waals surface area contributed by atoms with Gasteiger partial charge in [0.05, 0.1) is 5.75 Å². The lowest BCUT2D eigenvalue weighted by Crippen LogP contribution is -2.03. The van der Waals surface area contributed by atoms with E-state index in [1.54, 1.807) is 6.33 Å². The smallest absolute Gasteiger partial charge is 0.313 e. The van der Waals surface area contributed by atoms with Crippen LogP contribution in [0.4, 0.5) is 0 Å². The molecule has 1 aliphatic rings. The molecular formula is C9H13N3O2S. The number of carboxylic acid groups (broad SMARTS) is 1. The Hall–Kier alpha value is -1.04. The van der Waals surface area contributed by atoms with E-state index in [4.69, 9.17) is 5.11 Å². The first-order valence-electron chi connectivity index (χ1n) is 4.98. The molecule has 2 rings (SSSR count). The molecule has 0 unspecified atom stereocenters. The van der Waals surface area contributed by atoms with Gasteiger partial charge in [0.25, 0.3) is 0 Å². The Kier molecular flexibility index (Phi) is 3.25. The normalized spacial score (nSPS) is 15.5. The summed E-state index contributed by atoms with van der Waals surface area (Å²) >= 11 is 1.22. The average molecular weight is 227 g/mol. The Labute approximate surface area is 91.9 Å². The van der Waals surface area contributed by atoms with Gasteiger partial charge in [-0.15, -0.1) is 10.2 Å². The van der Waals surface area contributed by atoms with Crippen LogP contribution in [-0.2, 0) is 11.3 Å². The van der Waals surface area contributed by atoms with Crippen LogP contribution in [-0.4, -0.2) is 31.6 Å². The van der Waals surface area contributed by atoms with Gasteiger partial charge in [-0.05, 0) is 12.3 Å². The molecule has 0 spiro atoms. The maximum absolute atomic E-state index is 10.4. The molecule has 1 saturated carbocycles. The summed E-state index contributed by atoms with van der Waals surface area (Å²) in [7, 11) is 0. The third-order valence-electron chi connectivity index (χ3n) is 2.38. The fourth-order valence-electron chi connectivity index (χ4n) is 1.36. The minimum atomic E-state index is -0.822. The van der Waals surface area contributed by atoms with Gasteiger partial charge in [0.2, 0.25) is 0 Å². The van der Waals surface area contributed by atoms with E-state index < -0.39 is 5.97 Å². The summed E-state index contributed by atoms with van der Waals surface area (Å²) in [4.78, 5) is 10.4. The maximum atomic E-state index is 10.4. The van der Waals surface area contributed by atoms with Crippen LogP contribution in [0, 0.1) is 5.92 Å². The fraction of sp³-hybridized carbons (Fsp3) is 0.667. The second-order valence-corrected chi connectivity index (χ2v) is 4.66. The molecule has 0 amide bonds. The summed E-state index contributed by atoms with van der Waals surface area (Å²) in [5.41, 5.74) is 0. The zero-order valence-corrected chi connectivity index (χ0v) is 9.11. The highest BCUT2D eigenvalue weighted by molar-refractivity contribution is 7.99. The summed E-state index contributed by atoms with van der Waals surface area (Å²) in [5.74, 6) is 0.0868. The van der Waals surface area contributed by atoms with Crippen molar-refractivity contribution in [1.82, 2.24) is 14.8 Å². The maximum Gasteiger partial charge on any atom is 0.313 e. The number of carbonyl (C=O) groups is 1. The second kappa shape index (κ2) is 4.65. The van der Waals surface area contributed by atoms with Gasteiger partial charge in [-0.1, -0.05) is 24.6 Å². The molecule has 82 valence electrons. The monoisotopic (exact) mass is 227 g/mol. The van der Waals surface area contributed by atoms with E-state index in [9.17, 15) is 4.79 Å². The number of carboxylic acids is 1. The van der Waals surface area contributed by atoms with Crippen molar-refractivity contribution in [2.24, 2.45) is 5.92 Å². The Morgan fingerprint density at radius 3 is 3.13 bits per heavy atom. The molecule has 0 bridgehead atoms. The third kappa shape index (κ3) is 3.23. The van der Waals surface area contributed by atoms with Crippen LogP contribution in [0.3, 0.4) is 0 Å². The van der Waals surface area contributed by atoms with Crippen molar-refractivity contribution in [3.05, 3.63) is 6.33 Å². The van der Waals surface area contributed by atoms with Crippen LogP contribution in [0.15, 0.2) is 11.5 Å². The summed E-state index contributed by atoms with van der Waals surface area (Å²) in [6, 6.07) is 0. The standard InChI is InChI=1S/C9H13N3O2S/c13-8(14)5-15-9-11-10-6-12(9)4-3-7-1-2-7/h6-7H,1-5H2,(H,13,14). The number of hydrogen-bond acceptors (Lipinski definition) is 4. The predicted molar refractivity (Wildman–Crippen MR) is 55.7 cm³/mol. The van der Waals surface area contributed by atoms with E-state index >= 15 is 0 Å². The zero-order chi connectivity index (χ0) is 10.7. The van der Waals surface area contributed by atoms with Crippen molar-refractivity contribution in [2.45, 2.75) is 31.0 Å². The van der Waals surface area contributed by atoms with Gasteiger partial charge < -0.3 is 9.67 Å². The molecule has 1 aliphatic carbocycles. The second-order valence-electron chi connectivity index (χ2n) is 3.72. The van der Waals surface area contributed by atoms with Gasteiger partial charge in [-0.25, -0.2) is 0 Å². The molecular weight excluding hydrogens is 214 g/mol. The van der Waals surface area contributed by atoms with E-state index in [1.807, 2.05) is 4.57 Å². The topological polar surface area (TPSA) is 68.0 Å². The zero-order valence-electron chi connectivity index (χ0n) is 8.30. The first-order chi connectivity index (χ1) is 7.25. The third-order valence-corrected chi connectivity index (χ3v) is 3.35. The molecule has 1 aromatic heterocycles. The van der Waals surface area contributed by atoms with Crippen LogP contribution in [0.5, 0.6) is 0 Å². The number of aliphatic carboxylic acids is 1. The number of aryl methyl sites for hydroxylation is 1. The highest BCUT2D eigenvalue weighted by Gasteiger charge is 2.21.